The summed E-state index contributed by atoms with van der Waals surface area (Å²) in [7, 11) is 0. The van der Waals surface area contributed by atoms with Gasteiger partial charge in [-0.25, -0.2) is 4.98 Å². The lowest BCUT2D eigenvalue weighted by atomic mass is 10.1. The molecule has 23 heavy (non-hydrogen) atoms. The normalized spacial score (nSPS) is 15.3. The van der Waals surface area contributed by atoms with Crippen molar-refractivity contribution in [2.75, 3.05) is 31.2 Å². The zero-order valence-corrected chi connectivity index (χ0v) is 13.7. The summed E-state index contributed by atoms with van der Waals surface area (Å²) in [4.78, 5) is 20.1. The second kappa shape index (κ2) is 5.79. The molecule has 1 fully saturated rings. The highest BCUT2D eigenvalue weighted by atomic mass is 32.1. The molecule has 0 amide bonds. The Kier molecular flexibility index (Phi) is 3.63. The van der Waals surface area contributed by atoms with Crippen molar-refractivity contribution < 1.29 is 4.74 Å². The van der Waals surface area contributed by atoms with Crippen molar-refractivity contribution in [1.29, 1.82) is 0 Å². The molecule has 1 aromatic carbocycles. The van der Waals surface area contributed by atoms with Gasteiger partial charge >= 0.3 is 0 Å². The summed E-state index contributed by atoms with van der Waals surface area (Å²) in [5.41, 5.74) is 3.10. The van der Waals surface area contributed by atoms with E-state index in [0.29, 0.717) is 13.2 Å². The van der Waals surface area contributed by atoms with E-state index in [1.807, 2.05) is 17.5 Å². The highest BCUT2D eigenvalue weighted by Crippen LogP contribution is 2.25. The van der Waals surface area contributed by atoms with E-state index in [1.165, 1.54) is 16.9 Å². The summed E-state index contributed by atoms with van der Waals surface area (Å²) in [5.74, 6) is 0.746. The first-order valence-corrected chi connectivity index (χ1v) is 8.51. The van der Waals surface area contributed by atoms with Crippen LogP contribution in [-0.4, -0.2) is 35.7 Å². The third kappa shape index (κ3) is 2.64. The van der Waals surface area contributed by atoms with Crippen LogP contribution in [0.5, 0.6) is 0 Å². The Balaban J connectivity index is 1.80. The van der Waals surface area contributed by atoms with Crippen LogP contribution >= 0.6 is 11.3 Å². The van der Waals surface area contributed by atoms with Crippen molar-refractivity contribution in [3.63, 3.8) is 0 Å². The number of hydrogen-bond acceptors (Lipinski definition) is 5. The second-order valence-electron chi connectivity index (χ2n) is 5.66. The summed E-state index contributed by atoms with van der Waals surface area (Å²) < 4.78 is 7.05. The molecule has 1 saturated heterocycles. The molecule has 1 aliphatic rings. The smallest absolute Gasteiger partial charge is 0.261 e. The predicted octanol–water partition coefficient (Wildman–Crippen LogP) is 2.57. The quantitative estimate of drug-likeness (QED) is 0.726. The van der Waals surface area contributed by atoms with Crippen molar-refractivity contribution in [2.45, 2.75) is 6.92 Å². The van der Waals surface area contributed by atoms with E-state index in [1.54, 1.807) is 10.5 Å². The zero-order chi connectivity index (χ0) is 15.8. The van der Waals surface area contributed by atoms with E-state index in [2.05, 4.69) is 28.9 Å². The highest BCUT2D eigenvalue weighted by molar-refractivity contribution is 7.15. The number of nitrogens with zero attached hydrogens (tertiary/aromatic N) is 3. The van der Waals surface area contributed by atoms with Crippen molar-refractivity contribution >= 4 is 22.1 Å². The largest absolute Gasteiger partial charge is 0.378 e. The molecule has 3 aromatic rings. The summed E-state index contributed by atoms with van der Waals surface area (Å²) in [6.45, 7) is 4.97. The number of morpholine rings is 1. The average Bonchev–Trinajstić information content (AvgIpc) is 3.01. The second-order valence-corrected chi connectivity index (χ2v) is 6.49. The Morgan fingerprint density at radius 2 is 1.91 bits per heavy atom. The van der Waals surface area contributed by atoms with Crippen LogP contribution in [0.3, 0.4) is 0 Å². The zero-order valence-electron chi connectivity index (χ0n) is 12.9. The number of anilines is 1. The topological polar surface area (TPSA) is 46.8 Å². The van der Waals surface area contributed by atoms with Crippen molar-refractivity contribution in [2.24, 2.45) is 0 Å². The van der Waals surface area contributed by atoms with Crippen LogP contribution in [0.15, 0.2) is 40.5 Å². The number of hydrogen-bond donors (Lipinski definition) is 0. The fourth-order valence-electron chi connectivity index (χ4n) is 2.79. The van der Waals surface area contributed by atoms with E-state index in [9.17, 15) is 4.79 Å². The van der Waals surface area contributed by atoms with Gasteiger partial charge in [0.05, 0.1) is 18.9 Å². The molecule has 0 aliphatic carbocycles. The van der Waals surface area contributed by atoms with Gasteiger partial charge in [-0.2, -0.15) is 0 Å². The van der Waals surface area contributed by atoms with Crippen LogP contribution < -0.4 is 10.5 Å². The van der Waals surface area contributed by atoms with Gasteiger partial charge in [0, 0.05) is 24.5 Å². The predicted molar refractivity (Wildman–Crippen MR) is 92.5 cm³/mol. The first kappa shape index (κ1) is 14.4. The Morgan fingerprint density at radius 1 is 1.17 bits per heavy atom. The number of thiazole rings is 1. The minimum Gasteiger partial charge on any atom is -0.378 e. The van der Waals surface area contributed by atoms with Gasteiger partial charge in [-0.05, 0) is 12.5 Å². The third-order valence-electron chi connectivity index (χ3n) is 4.07. The summed E-state index contributed by atoms with van der Waals surface area (Å²) >= 11 is 1.50. The number of ether oxygens (including phenoxy) is 1. The molecule has 0 bridgehead atoms. The van der Waals surface area contributed by atoms with E-state index >= 15 is 0 Å². The van der Waals surface area contributed by atoms with Gasteiger partial charge in [0.1, 0.15) is 5.82 Å². The van der Waals surface area contributed by atoms with Crippen LogP contribution in [0.2, 0.25) is 0 Å². The molecule has 0 N–H and O–H groups in total. The molecule has 118 valence electrons. The van der Waals surface area contributed by atoms with Gasteiger partial charge < -0.3 is 9.64 Å². The molecule has 1 aliphatic heterocycles. The van der Waals surface area contributed by atoms with Crippen LogP contribution in [0.4, 0.5) is 5.82 Å². The molecule has 6 heteroatoms. The summed E-state index contributed by atoms with van der Waals surface area (Å²) in [6, 6.07) is 9.82. The van der Waals surface area contributed by atoms with Gasteiger partial charge in [-0.3, -0.25) is 9.20 Å². The van der Waals surface area contributed by atoms with Gasteiger partial charge in [0.25, 0.3) is 5.56 Å². The van der Waals surface area contributed by atoms with Crippen LogP contribution in [0.25, 0.3) is 16.2 Å². The number of aromatic nitrogens is 2. The lowest BCUT2D eigenvalue weighted by Gasteiger charge is -2.27. The SMILES string of the molecule is Cc1ccc(-c2csc3nc(N4CCOCC4)cc(=O)n23)cc1. The van der Waals surface area contributed by atoms with Crippen molar-refractivity contribution in [1.82, 2.24) is 9.38 Å². The molecule has 3 heterocycles. The maximum absolute atomic E-state index is 12.6. The number of rotatable bonds is 2. The van der Waals surface area contributed by atoms with E-state index in [4.69, 9.17) is 4.74 Å². The molecule has 5 nitrogen and oxygen atoms in total. The lowest BCUT2D eigenvalue weighted by molar-refractivity contribution is 0.122. The standard InChI is InChI=1S/C17H17N3O2S/c1-12-2-4-13(5-3-12)14-11-23-17-18-15(10-16(21)20(14)17)19-6-8-22-9-7-19/h2-5,10-11H,6-9H2,1H3. The third-order valence-corrected chi connectivity index (χ3v) is 4.90. The van der Waals surface area contributed by atoms with Gasteiger partial charge in [0.15, 0.2) is 4.96 Å². The minimum absolute atomic E-state index is 0.0340. The monoisotopic (exact) mass is 327 g/mol. The molecule has 2 aromatic heterocycles. The van der Waals surface area contributed by atoms with E-state index in [0.717, 1.165) is 35.1 Å². The Labute approximate surface area is 137 Å². The first-order chi connectivity index (χ1) is 11.2. The van der Waals surface area contributed by atoms with Crippen LogP contribution in [0.1, 0.15) is 5.56 Å². The summed E-state index contributed by atoms with van der Waals surface area (Å²) in [6.07, 6.45) is 0. The summed E-state index contributed by atoms with van der Waals surface area (Å²) in [5, 5.41) is 2.00. The maximum Gasteiger partial charge on any atom is 0.261 e. The first-order valence-electron chi connectivity index (χ1n) is 7.63. The molecule has 4 rings (SSSR count). The van der Waals surface area contributed by atoms with Gasteiger partial charge in [-0.1, -0.05) is 29.8 Å². The Morgan fingerprint density at radius 3 is 2.65 bits per heavy atom. The fraction of sp³-hybridized carbons (Fsp3) is 0.294. The number of aryl methyl sites for hydroxylation is 1. The minimum atomic E-state index is -0.0340. The maximum atomic E-state index is 12.6. The lowest BCUT2D eigenvalue weighted by Crippen LogP contribution is -2.37. The van der Waals surface area contributed by atoms with Crippen molar-refractivity contribution in [3.8, 4) is 11.3 Å². The number of benzene rings is 1. The Bertz CT molecular complexity index is 892. The molecular weight excluding hydrogens is 310 g/mol. The highest BCUT2D eigenvalue weighted by Gasteiger charge is 2.16. The van der Waals surface area contributed by atoms with E-state index in [-0.39, 0.29) is 5.56 Å². The van der Waals surface area contributed by atoms with Gasteiger partial charge in [-0.15, -0.1) is 11.3 Å². The molecule has 0 spiro atoms. The molecule has 0 saturated carbocycles. The Hall–Kier alpha value is -2.18. The molecule has 0 radical (unpaired) electrons. The average molecular weight is 327 g/mol. The van der Waals surface area contributed by atoms with Gasteiger partial charge in [0.2, 0.25) is 0 Å². The van der Waals surface area contributed by atoms with Crippen molar-refractivity contribution in [3.05, 3.63) is 51.6 Å². The van der Waals surface area contributed by atoms with Crippen LogP contribution in [-0.2, 0) is 4.74 Å². The van der Waals surface area contributed by atoms with Crippen LogP contribution in [0, 0.1) is 6.92 Å². The molecular formula is C17H17N3O2S. The van der Waals surface area contributed by atoms with E-state index < -0.39 is 0 Å². The molecule has 0 atom stereocenters. The fourth-order valence-corrected chi connectivity index (χ4v) is 3.69. The molecule has 0 unspecified atom stereocenters. The number of fused-ring (bicyclic) bond motifs is 1.